The van der Waals surface area contributed by atoms with Crippen molar-refractivity contribution in [3.8, 4) is 5.75 Å². The topological polar surface area (TPSA) is 82.9 Å². The second-order valence-electron chi connectivity index (χ2n) is 10.0. The summed E-state index contributed by atoms with van der Waals surface area (Å²) in [5.74, 6) is 0.830. The molecule has 1 aliphatic rings. The molecule has 2 amide bonds. The van der Waals surface area contributed by atoms with E-state index in [-0.39, 0.29) is 18.4 Å². The number of aryl methyl sites for hydroxylation is 2. The van der Waals surface area contributed by atoms with Crippen LogP contribution in [-0.2, 0) is 29.7 Å². The minimum Gasteiger partial charge on any atom is -0.494 e. The smallest absolute Gasteiger partial charge is 0.238 e. The second kappa shape index (κ2) is 13.4. The summed E-state index contributed by atoms with van der Waals surface area (Å²) < 4.78 is 7.58. The third kappa shape index (κ3) is 7.68. The molecule has 2 aromatic carbocycles. The Balaban J connectivity index is 1.58. The van der Waals surface area contributed by atoms with E-state index in [1.165, 1.54) is 0 Å². The monoisotopic (exact) mass is 532 g/mol. The van der Waals surface area contributed by atoms with E-state index in [1.807, 2.05) is 68.4 Å². The predicted molar refractivity (Wildman–Crippen MR) is 154 cm³/mol. The van der Waals surface area contributed by atoms with Crippen LogP contribution in [0.1, 0.15) is 37.1 Å². The Hall–Kier alpha value is -3.69. The Morgan fingerprint density at radius 3 is 2.49 bits per heavy atom. The molecule has 0 saturated carbocycles. The van der Waals surface area contributed by atoms with Gasteiger partial charge in [-0.3, -0.25) is 24.1 Å². The summed E-state index contributed by atoms with van der Waals surface area (Å²) in [6.07, 6.45) is 2.66. The van der Waals surface area contributed by atoms with Gasteiger partial charge in [-0.15, -0.1) is 0 Å². The number of anilines is 2. The van der Waals surface area contributed by atoms with E-state index < -0.39 is 0 Å². The van der Waals surface area contributed by atoms with Crippen molar-refractivity contribution in [1.82, 2.24) is 19.6 Å². The minimum absolute atomic E-state index is 0.0197. The van der Waals surface area contributed by atoms with Gasteiger partial charge in [-0.2, -0.15) is 5.10 Å². The van der Waals surface area contributed by atoms with Gasteiger partial charge in [-0.25, -0.2) is 0 Å². The number of nitrogens with zero attached hydrogens (tertiary/aromatic N) is 5. The van der Waals surface area contributed by atoms with Crippen LogP contribution in [0.3, 0.4) is 0 Å². The highest BCUT2D eigenvalue weighted by molar-refractivity contribution is 5.93. The van der Waals surface area contributed by atoms with Crippen molar-refractivity contribution in [3.05, 3.63) is 71.5 Å². The molecule has 3 aromatic rings. The lowest BCUT2D eigenvalue weighted by atomic mass is 10.1. The van der Waals surface area contributed by atoms with Crippen LogP contribution in [-0.4, -0.2) is 70.7 Å². The normalized spacial score (nSPS) is 15.3. The molecule has 0 aliphatic carbocycles. The molecule has 2 heterocycles. The van der Waals surface area contributed by atoms with Gasteiger partial charge in [0.1, 0.15) is 5.75 Å². The lowest BCUT2D eigenvalue weighted by Crippen LogP contribution is -2.39. The second-order valence-corrected chi connectivity index (χ2v) is 10.0. The van der Waals surface area contributed by atoms with Gasteiger partial charge in [0.25, 0.3) is 0 Å². The van der Waals surface area contributed by atoms with Gasteiger partial charge in [-0.1, -0.05) is 36.4 Å². The number of nitrogens with one attached hydrogen (secondary N) is 1. The van der Waals surface area contributed by atoms with E-state index in [4.69, 9.17) is 4.74 Å². The molecule has 0 atom stereocenters. The molecule has 1 aromatic heterocycles. The molecule has 208 valence electrons. The molecular formula is C30H40N6O3. The molecule has 4 rings (SSSR count). The van der Waals surface area contributed by atoms with Crippen molar-refractivity contribution in [1.29, 1.82) is 0 Å². The lowest BCUT2D eigenvalue weighted by molar-refractivity contribution is -0.118. The number of amides is 2. The highest BCUT2D eigenvalue weighted by Gasteiger charge is 2.22. The van der Waals surface area contributed by atoms with Crippen molar-refractivity contribution >= 4 is 23.2 Å². The van der Waals surface area contributed by atoms with Crippen LogP contribution in [0.2, 0.25) is 0 Å². The maximum absolute atomic E-state index is 13.2. The number of ether oxygens (including phenoxy) is 1. The fourth-order valence-corrected chi connectivity index (χ4v) is 5.10. The number of aromatic nitrogens is 2. The SMILES string of the molecule is CCOc1ccccc1CN1CCCN(C(C)=O)c2ccccc2CN(CC(=O)Nc2cn(C)nc2C)CC1. The first-order chi connectivity index (χ1) is 18.8. The number of rotatable bonds is 7. The molecule has 1 N–H and O–H groups in total. The van der Waals surface area contributed by atoms with E-state index in [0.717, 1.165) is 60.0 Å². The molecule has 0 unspecified atom stereocenters. The maximum atomic E-state index is 13.2. The van der Waals surface area contributed by atoms with E-state index in [2.05, 4.69) is 32.3 Å². The quantitative estimate of drug-likeness (QED) is 0.498. The fraction of sp³-hybridized carbons (Fsp3) is 0.433. The number of carbonyl (C=O) groups excluding carboxylic acids is 2. The van der Waals surface area contributed by atoms with Crippen LogP contribution in [0.15, 0.2) is 54.7 Å². The third-order valence-corrected chi connectivity index (χ3v) is 6.97. The standard InChI is InChI=1S/C30H40N6O3/c1-5-39-29-14-9-7-12-26(29)20-34-15-10-16-36(24(3)37)28-13-8-6-11-25(28)19-35(18-17-34)22-30(38)31-27-21-33(4)32-23(27)2/h6-9,11-14,21H,5,10,15-20,22H2,1-4H3,(H,31,38). The predicted octanol–water partition coefficient (Wildman–Crippen LogP) is 3.83. The van der Waals surface area contributed by atoms with Crippen LogP contribution >= 0.6 is 0 Å². The molecular weight excluding hydrogens is 492 g/mol. The minimum atomic E-state index is -0.0879. The molecule has 9 heteroatoms. The van der Waals surface area contributed by atoms with Gasteiger partial charge in [0.15, 0.2) is 0 Å². The summed E-state index contributed by atoms with van der Waals surface area (Å²) in [5.41, 5.74) is 4.58. The van der Waals surface area contributed by atoms with Crippen molar-refractivity contribution in [2.75, 3.05) is 49.5 Å². The Morgan fingerprint density at radius 1 is 1.00 bits per heavy atom. The Kier molecular flexibility index (Phi) is 9.73. The van der Waals surface area contributed by atoms with E-state index in [0.29, 0.717) is 26.2 Å². The molecule has 0 fully saturated rings. The van der Waals surface area contributed by atoms with Crippen LogP contribution in [0.25, 0.3) is 0 Å². The highest BCUT2D eigenvalue weighted by atomic mass is 16.5. The fourth-order valence-electron chi connectivity index (χ4n) is 5.10. The number of hydrogen-bond acceptors (Lipinski definition) is 6. The Bertz CT molecular complexity index is 1270. The largest absolute Gasteiger partial charge is 0.494 e. The number of para-hydroxylation sites is 2. The van der Waals surface area contributed by atoms with Crippen LogP contribution in [0.4, 0.5) is 11.4 Å². The number of fused-ring (bicyclic) bond motifs is 1. The first-order valence-electron chi connectivity index (χ1n) is 13.7. The lowest BCUT2D eigenvalue weighted by Gasteiger charge is -2.28. The van der Waals surface area contributed by atoms with E-state index >= 15 is 0 Å². The number of benzene rings is 2. The molecule has 0 saturated heterocycles. The Labute approximate surface area is 231 Å². The molecule has 0 radical (unpaired) electrons. The summed E-state index contributed by atoms with van der Waals surface area (Å²) in [6.45, 7) is 10.6. The van der Waals surface area contributed by atoms with Crippen LogP contribution < -0.4 is 15.0 Å². The van der Waals surface area contributed by atoms with E-state index in [1.54, 1.807) is 11.6 Å². The van der Waals surface area contributed by atoms with Gasteiger partial charge in [0.05, 0.1) is 24.5 Å². The maximum Gasteiger partial charge on any atom is 0.238 e. The molecule has 1 aliphatic heterocycles. The summed E-state index contributed by atoms with van der Waals surface area (Å²) in [4.78, 5) is 32.3. The number of carbonyl (C=O) groups is 2. The first-order valence-corrected chi connectivity index (χ1v) is 13.7. The third-order valence-electron chi connectivity index (χ3n) is 6.97. The van der Waals surface area contributed by atoms with Crippen LogP contribution in [0.5, 0.6) is 5.75 Å². The van der Waals surface area contributed by atoms with Gasteiger partial charge in [0.2, 0.25) is 11.8 Å². The molecule has 0 bridgehead atoms. The summed E-state index contributed by atoms with van der Waals surface area (Å²) in [5, 5.41) is 7.35. The van der Waals surface area contributed by atoms with Crippen LogP contribution in [0, 0.1) is 6.92 Å². The zero-order valence-electron chi connectivity index (χ0n) is 23.5. The van der Waals surface area contributed by atoms with Gasteiger partial charge >= 0.3 is 0 Å². The van der Waals surface area contributed by atoms with Crippen molar-refractivity contribution in [3.63, 3.8) is 0 Å². The average Bonchev–Trinajstić information content (AvgIpc) is 3.20. The highest BCUT2D eigenvalue weighted by Crippen LogP contribution is 2.25. The van der Waals surface area contributed by atoms with Crippen molar-refractivity contribution in [2.45, 2.75) is 40.3 Å². The zero-order valence-corrected chi connectivity index (χ0v) is 23.5. The Morgan fingerprint density at radius 2 is 1.74 bits per heavy atom. The first kappa shape index (κ1) is 28.3. The average molecular weight is 533 g/mol. The van der Waals surface area contributed by atoms with Gasteiger partial charge in [0, 0.05) is 70.7 Å². The van der Waals surface area contributed by atoms with Gasteiger partial charge < -0.3 is 15.0 Å². The van der Waals surface area contributed by atoms with Gasteiger partial charge in [-0.05, 0) is 38.0 Å². The summed E-state index contributed by atoms with van der Waals surface area (Å²) >= 11 is 0. The van der Waals surface area contributed by atoms with Crippen molar-refractivity contribution in [2.24, 2.45) is 7.05 Å². The van der Waals surface area contributed by atoms with E-state index in [9.17, 15) is 9.59 Å². The number of hydrogen-bond donors (Lipinski definition) is 1. The summed E-state index contributed by atoms with van der Waals surface area (Å²) in [6, 6.07) is 16.2. The van der Waals surface area contributed by atoms with Crippen molar-refractivity contribution < 1.29 is 14.3 Å². The molecule has 39 heavy (non-hydrogen) atoms. The summed E-state index contributed by atoms with van der Waals surface area (Å²) in [7, 11) is 1.84. The zero-order chi connectivity index (χ0) is 27.8. The molecule has 9 nitrogen and oxygen atoms in total. The molecule has 0 spiro atoms.